The highest BCUT2D eigenvalue weighted by atomic mass is 16.5. The third kappa shape index (κ3) is 4.84. The molecule has 11 heteroatoms. The number of nitrogens with one attached hydrogen (secondary N) is 2. The van der Waals surface area contributed by atoms with Crippen LogP contribution in [0.25, 0.3) is 0 Å². The van der Waals surface area contributed by atoms with Crippen molar-refractivity contribution < 1.29 is 33.9 Å². The lowest BCUT2D eigenvalue weighted by Gasteiger charge is -2.29. The number of amides is 3. The molecule has 0 spiro atoms. The number of allylic oxidation sites excluding steroid dienone is 1. The molecule has 1 aliphatic carbocycles. The van der Waals surface area contributed by atoms with Crippen molar-refractivity contribution in [3.63, 3.8) is 0 Å². The Balaban J connectivity index is 1.57. The lowest BCUT2D eigenvalue weighted by molar-refractivity contribution is -0.145. The van der Waals surface area contributed by atoms with Crippen LogP contribution in [0.1, 0.15) is 61.2 Å². The summed E-state index contributed by atoms with van der Waals surface area (Å²) in [5, 5.41) is 29.0. The van der Waals surface area contributed by atoms with E-state index in [4.69, 9.17) is 4.52 Å². The van der Waals surface area contributed by atoms with Gasteiger partial charge in [-0.3, -0.25) is 14.4 Å². The van der Waals surface area contributed by atoms with E-state index in [-0.39, 0.29) is 31.0 Å². The maximum Gasteiger partial charge on any atom is 0.330 e. The normalized spacial score (nSPS) is 33.1. The summed E-state index contributed by atoms with van der Waals surface area (Å²) in [6.45, 7) is 1.58. The van der Waals surface area contributed by atoms with Crippen LogP contribution in [0.3, 0.4) is 0 Å². The molecule has 34 heavy (non-hydrogen) atoms. The Morgan fingerprint density at radius 1 is 1.29 bits per heavy atom. The Kier molecular flexibility index (Phi) is 6.74. The van der Waals surface area contributed by atoms with Gasteiger partial charge in [0, 0.05) is 24.9 Å². The van der Waals surface area contributed by atoms with E-state index in [1.165, 1.54) is 11.0 Å². The number of hydrogen-bond acceptors (Lipinski definition) is 7. The van der Waals surface area contributed by atoms with Gasteiger partial charge in [-0.15, -0.1) is 0 Å². The van der Waals surface area contributed by atoms with Crippen LogP contribution in [-0.4, -0.2) is 74.2 Å². The monoisotopic (exact) mass is 474 g/mol. The van der Waals surface area contributed by atoms with Gasteiger partial charge in [-0.05, 0) is 32.6 Å². The standard InChI is InChI=1S/C23H30N4O7/c1-13-9-17(26-34-13)19(29)24-16-8-6-4-2-3-5-7-14-11-23(14,22(32)33)25-20(30)18-10-15(28)12-27(18)21(16)31/h5,7,9,14-16,18,28H,2-4,6,8,10-12H2,1H3,(H,24,29)(H,25,30)(H,32,33)/b7-5-/t14-,15-,16+,18+,23-/m1/s1. The highest BCUT2D eigenvalue weighted by Crippen LogP contribution is 2.45. The summed E-state index contributed by atoms with van der Waals surface area (Å²) >= 11 is 0. The van der Waals surface area contributed by atoms with E-state index in [1.807, 2.05) is 12.2 Å². The number of fused-ring (bicyclic) bond motifs is 2. The van der Waals surface area contributed by atoms with Gasteiger partial charge in [0.25, 0.3) is 5.91 Å². The Labute approximate surface area is 196 Å². The van der Waals surface area contributed by atoms with Crippen LogP contribution >= 0.6 is 0 Å². The molecule has 3 aliphatic rings. The molecule has 1 aromatic heterocycles. The van der Waals surface area contributed by atoms with Gasteiger partial charge in [-0.2, -0.15) is 0 Å². The fraction of sp³-hybridized carbons (Fsp3) is 0.609. The Morgan fingerprint density at radius 2 is 2.09 bits per heavy atom. The molecule has 1 aromatic rings. The average molecular weight is 475 g/mol. The van der Waals surface area contributed by atoms with Gasteiger partial charge in [0.15, 0.2) is 5.69 Å². The molecule has 5 atom stereocenters. The molecule has 1 saturated heterocycles. The van der Waals surface area contributed by atoms with Gasteiger partial charge < -0.3 is 30.3 Å². The molecular weight excluding hydrogens is 444 g/mol. The van der Waals surface area contributed by atoms with Crippen molar-refractivity contribution >= 4 is 23.7 Å². The van der Waals surface area contributed by atoms with E-state index >= 15 is 0 Å². The first-order valence-electron chi connectivity index (χ1n) is 11.7. The number of aryl methyl sites for hydroxylation is 1. The molecule has 2 fully saturated rings. The van der Waals surface area contributed by atoms with Crippen molar-refractivity contribution in [3.05, 3.63) is 29.7 Å². The van der Waals surface area contributed by atoms with Crippen LogP contribution in [0.2, 0.25) is 0 Å². The second-order valence-corrected chi connectivity index (χ2v) is 9.39. The average Bonchev–Trinajstić information content (AvgIpc) is 3.09. The van der Waals surface area contributed by atoms with Crippen LogP contribution in [0.5, 0.6) is 0 Å². The van der Waals surface area contributed by atoms with Crippen molar-refractivity contribution in [1.29, 1.82) is 0 Å². The zero-order chi connectivity index (χ0) is 24.5. The van der Waals surface area contributed by atoms with Gasteiger partial charge >= 0.3 is 5.97 Å². The lowest BCUT2D eigenvalue weighted by atomic mass is 10.0. The van der Waals surface area contributed by atoms with E-state index in [2.05, 4.69) is 15.8 Å². The molecule has 4 N–H and O–H groups in total. The van der Waals surface area contributed by atoms with E-state index in [9.17, 15) is 29.4 Å². The third-order valence-corrected chi connectivity index (χ3v) is 6.80. The SMILES string of the molecule is Cc1cc(C(=O)N[C@H]2CCCCC/C=C\[C@@H]3C[C@@]3(C(=O)O)NC(=O)[C@@H]3C[C@@H](O)CN3C2=O)no1. The molecule has 3 amide bonds. The number of carboxylic acid groups (broad SMARTS) is 1. The van der Waals surface area contributed by atoms with E-state index in [1.54, 1.807) is 6.92 Å². The van der Waals surface area contributed by atoms with Crippen LogP contribution in [0, 0.1) is 12.8 Å². The van der Waals surface area contributed by atoms with Gasteiger partial charge in [-0.25, -0.2) is 4.79 Å². The van der Waals surface area contributed by atoms with E-state index in [0.717, 1.165) is 19.3 Å². The first-order chi connectivity index (χ1) is 16.2. The van der Waals surface area contributed by atoms with Crippen LogP contribution in [0.4, 0.5) is 0 Å². The fourth-order valence-electron chi connectivity index (χ4n) is 4.78. The molecule has 1 saturated carbocycles. The Bertz CT molecular complexity index is 1010. The lowest BCUT2D eigenvalue weighted by Crippen LogP contribution is -2.56. The number of aliphatic hydroxyl groups excluding tert-OH is 1. The van der Waals surface area contributed by atoms with Gasteiger partial charge in [0.1, 0.15) is 23.4 Å². The zero-order valence-corrected chi connectivity index (χ0v) is 19.0. The topological polar surface area (TPSA) is 162 Å². The summed E-state index contributed by atoms with van der Waals surface area (Å²) < 4.78 is 4.94. The highest BCUT2D eigenvalue weighted by molar-refractivity contribution is 5.98. The molecule has 184 valence electrons. The van der Waals surface area contributed by atoms with Crippen molar-refractivity contribution in [3.8, 4) is 0 Å². The number of aliphatic carboxylic acids is 1. The van der Waals surface area contributed by atoms with Gasteiger partial charge in [0.2, 0.25) is 11.8 Å². The number of nitrogens with zero attached hydrogens (tertiary/aromatic N) is 2. The van der Waals surface area contributed by atoms with Crippen molar-refractivity contribution in [2.45, 2.75) is 75.6 Å². The quantitative estimate of drug-likeness (QED) is 0.461. The second-order valence-electron chi connectivity index (χ2n) is 9.39. The van der Waals surface area contributed by atoms with Crippen molar-refractivity contribution in [2.75, 3.05) is 6.54 Å². The fourth-order valence-corrected chi connectivity index (χ4v) is 4.78. The maximum absolute atomic E-state index is 13.5. The molecule has 11 nitrogen and oxygen atoms in total. The summed E-state index contributed by atoms with van der Waals surface area (Å²) in [6, 6.07) is -0.484. The molecule has 0 radical (unpaired) electrons. The van der Waals surface area contributed by atoms with Crippen LogP contribution < -0.4 is 10.6 Å². The summed E-state index contributed by atoms with van der Waals surface area (Å²) in [7, 11) is 0. The number of aromatic nitrogens is 1. The number of carboxylic acids is 1. The largest absolute Gasteiger partial charge is 0.479 e. The summed E-state index contributed by atoms with van der Waals surface area (Å²) in [5.41, 5.74) is -1.35. The summed E-state index contributed by atoms with van der Waals surface area (Å²) in [6.07, 6.45) is 6.55. The van der Waals surface area contributed by atoms with Crippen LogP contribution in [-0.2, 0) is 14.4 Å². The number of aliphatic hydroxyl groups is 1. The molecule has 0 bridgehead atoms. The smallest absolute Gasteiger partial charge is 0.330 e. The van der Waals surface area contributed by atoms with Crippen LogP contribution in [0.15, 0.2) is 22.7 Å². The molecule has 2 aliphatic heterocycles. The zero-order valence-electron chi connectivity index (χ0n) is 19.0. The predicted molar refractivity (Wildman–Crippen MR) is 117 cm³/mol. The second kappa shape index (κ2) is 9.57. The number of carbonyl (C=O) groups is 4. The van der Waals surface area contributed by atoms with Gasteiger partial charge in [0.05, 0.1) is 6.10 Å². The molecule has 0 unspecified atom stereocenters. The Hall–Kier alpha value is -3.21. The first kappa shape index (κ1) is 23.9. The van der Waals surface area contributed by atoms with Crippen molar-refractivity contribution in [1.82, 2.24) is 20.7 Å². The summed E-state index contributed by atoms with van der Waals surface area (Å²) in [4.78, 5) is 52.5. The third-order valence-electron chi connectivity index (χ3n) is 6.80. The Morgan fingerprint density at radius 3 is 2.79 bits per heavy atom. The molecule has 0 aromatic carbocycles. The number of hydrogen-bond donors (Lipinski definition) is 4. The van der Waals surface area contributed by atoms with E-state index < -0.39 is 47.4 Å². The minimum absolute atomic E-state index is 0.00305. The minimum atomic E-state index is -1.39. The van der Waals surface area contributed by atoms with Crippen molar-refractivity contribution in [2.24, 2.45) is 5.92 Å². The molecular formula is C23H30N4O7. The highest BCUT2D eigenvalue weighted by Gasteiger charge is 2.61. The number of carbonyl (C=O) groups excluding carboxylic acids is 3. The van der Waals surface area contributed by atoms with E-state index in [0.29, 0.717) is 18.6 Å². The number of rotatable bonds is 3. The molecule has 3 heterocycles. The predicted octanol–water partition coefficient (Wildman–Crippen LogP) is 0.523. The first-order valence-corrected chi connectivity index (χ1v) is 11.7. The maximum atomic E-state index is 13.5. The molecule has 4 rings (SSSR count). The minimum Gasteiger partial charge on any atom is -0.479 e. The van der Waals surface area contributed by atoms with Gasteiger partial charge in [-0.1, -0.05) is 30.2 Å². The summed E-state index contributed by atoms with van der Waals surface area (Å²) in [5.74, 6) is -2.65.